The van der Waals surface area contributed by atoms with Crippen molar-refractivity contribution < 1.29 is 0 Å². The van der Waals surface area contributed by atoms with Crippen molar-refractivity contribution in [2.75, 3.05) is 6.54 Å². The molecule has 2 aromatic heterocycles. The first-order valence-electron chi connectivity index (χ1n) is 5.65. The van der Waals surface area contributed by atoms with Crippen molar-refractivity contribution in [1.82, 2.24) is 25.1 Å². The average Bonchev–Trinajstić information content (AvgIpc) is 2.88. The van der Waals surface area contributed by atoms with Crippen LogP contribution >= 0.6 is 11.3 Å². The average molecular weight is 251 g/mol. The number of hydrogen-bond acceptors (Lipinski definition) is 5. The van der Waals surface area contributed by atoms with Crippen LogP contribution in [0.4, 0.5) is 0 Å². The molecule has 17 heavy (non-hydrogen) atoms. The third kappa shape index (κ3) is 3.10. The zero-order chi connectivity index (χ0) is 12.3. The molecule has 0 aliphatic rings. The molecule has 6 heteroatoms. The van der Waals surface area contributed by atoms with Crippen LogP contribution in [0.25, 0.3) is 0 Å². The molecule has 92 valence electrons. The standard InChI is InChI=1S/C11H17N5S/c1-8(10-6-17-9(2)14-10)12-5-4-11-15-13-7-16(11)3/h6-8,12H,4-5H2,1-3H3. The van der Waals surface area contributed by atoms with Gasteiger partial charge in [-0.1, -0.05) is 0 Å². The molecule has 2 rings (SSSR count). The van der Waals surface area contributed by atoms with E-state index in [-0.39, 0.29) is 6.04 Å². The molecule has 0 saturated heterocycles. The van der Waals surface area contributed by atoms with E-state index in [9.17, 15) is 0 Å². The van der Waals surface area contributed by atoms with E-state index >= 15 is 0 Å². The van der Waals surface area contributed by atoms with Crippen LogP contribution in [-0.4, -0.2) is 26.3 Å². The predicted octanol–water partition coefficient (Wildman–Crippen LogP) is 1.47. The fourth-order valence-electron chi connectivity index (χ4n) is 1.62. The highest BCUT2D eigenvalue weighted by Gasteiger charge is 2.08. The Morgan fingerprint density at radius 1 is 1.53 bits per heavy atom. The van der Waals surface area contributed by atoms with E-state index in [1.807, 2.05) is 18.5 Å². The Labute approximate surface area is 105 Å². The van der Waals surface area contributed by atoms with Gasteiger partial charge in [-0.05, 0) is 13.8 Å². The number of aryl methyl sites for hydroxylation is 2. The van der Waals surface area contributed by atoms with Gasteiger partial charge in [0.1, 0.15) is 12.2 Å². The topological polar surface area (TPSA) is 55.6 Å². The summed E-state index contributed by atoms with van der Waals surface area (Å²) in [5, 5.41) is 14.6. The van der Waals surface area contributed by atoms with E-state index in [4.69, 9.17) is 0 Å². The lowest BCUT2D eigenvalue weighted by molar-refractivity contribution is 0.555. The van der Waals surface area contributed by atoms with Gasteiger partial charge >= 0.3 is 0 Å². The van der Waals surface area contributed by atoms with E-state index in [1.165, 1.54) is 0 Å². The van der Waals surface area contributed by atoms with Crippen molar-refractivity contribution in [3.63, 3.8) is 0 Å². The third-order valence-corrected chi connectivity index (χ3v) is 3.48. The van der Waals surface area contributed by atoms with Gasteiger partial charge in [0.05, 0.1) is 10.7 Å². The summed E-state index contributed by atoms with van der Waals surface area (Å²) in [6.07, 6.45) is 2.60. The van der Waals surface area contributed by atoms with Gasteiger partial charge in [0.2, 0.25) is 0 Å². The first kappa shape index (κ1) is 12.2. The quantitative estimate of drug-likeness (QED) is 0.874. The lowest BCUT2D eigenvalue weighted by Crippen LogP contribution is -2.22. The van der Waals surface area contributed by atoms with Crippen molar-refractivity contribution in [2.45, 2.75) is 26.3 Å². The van der Waals surface area contributed by atoms with E-state index in [2.05, 4.69) is 32.8 Å². The molecule has 0 aliphatic carbocycles. The summed E-state index contributed by atoms with van der Waals surface area (Å²) in [6.45, 7) is 5.04. The van der Waals surface area contributed by atoms with Gasteiger partial charge in [-0.3, -0.25) is 0 Å². The SMILES string of the molecule is Cc1nc(C(C)NCCc2nncn2C)cs1. The maximum atomic E-state index is 4.47. The largest absolute Gasteiger partial charge is 0.321 e. The highest BCUT2D eigenvalue weighted by atomic mass is 32.1. The molecule has 5 nitrogen and oxygen atoms in total. The van der Waals surface area contributed by atoms with E-state index in [0.717, 1.165) is 29.5 Å². The van der Waals surface area contributed by atoms with E-state index < -0.39 is 0 Å². The number of hydrogen-bond donors (Lipinski definition) is 1. The van der Waals surface area contributed by atoms with Crippen molar-refractivity contribution in [3.05, 3.63) is 28.2 Å². The molecule has 1 atom stereocenters. The second-order valence-electron chi connectivity index (χ2n) is 4.08. The Kier molecular flexibility index (Phi) is 3.86. The van der Waals surface area contributed by atoms with Gasteiger partial charge in [-0.2, -0.15) is 0 Å². The van der Waals surface area contributed by atoms with Gasteiger partial charge < -0.3 is 9.88 Å². The van der Waals surface area contributed by atoms with Crippen molar-refractivity contribution >= 4 is 11.3 Å². The Hall–Kier alpha value is -1.27. The highest BCUT2D eigenvalue weighted by Crippen LogP contribution is 2.15. The molecule has 0 bridgehead atoms. The number of nitrogens with one attached hydrogen (secondary N) is 1. The summed E-state index contributed by atoms with van der Waals surface area (Å²) in [6, 6.07) is 0.285. The van der Waals surface area contributed by atoms with Crippen LogP contribution in [-0.2, 0) is 13.5 Å². The van der Waals surface area contributed by atoms with E-state index in [0.29, 0.717) is 0 Å². The van der Waals surface area contributed by atoms with Crippen molar-refractivity contribution in [3.8, 4) is 0 Å². The first-order valence-corrected chi connectivity index (χ1v) is 6.53. The maximum absolute atomic E-state index is 4.47. The zero-order valence-electron chi connectivity index (χ0n) is 10.3. The molecule has 2 aromatic rings. The van der Waals surface area contributed by atoms with Crippen LogP contribution in [0.2, 0.25) is 0 Å². The lowest BCUT2D eigenvalue weighted by Gasteiger charge is -2.10. The van der Waals surface area contributed by atoms with Gasteiger partial charge in [0.25, 0.3) is 0 Å². The fraction of sp³-hybridized carbons (Fsp3) is 0.545. The summed E-state index contributed by atoms with van der Waals surface area (Å²) < 4.78 is 1.94. The van der Waals surface area contributed by atoms with Crippen molar-refractivity contribution in [1.29, 1.82) is 0 Å². The number of nitrogens with zero attached hydrogens (tertiary/aromatic N) is 4. The van der Waals surface area contributed by atoms with Crippen LogP contribution in [0.5, 0.6) is 0 Å². The minimum absolute atomic E-state index is 0.285. The second kappa shape index (κ2) is 5.37. The summed E-state index contributed by atoms with van der Waals surface area (Å²) in [4.78, 5) is 4.47. The fourth-order valence-corrected chi connectivity index (χ4v) is 2.32. The summed E-state index contributed by atoms with van der Waals surface area (Å²) >= 11 is 1.69. The molecule has 0 radical (unpaired) electrons. The number of thiazole rings is 1. The molecule has 0 saturated carbocycles. The molecular weight excluding hydrogens is 234 g/mol. The van der Waals surface area contributed by atoms with Gasteiger partial charge in [-0.25, -0.2) is 4.98 Å². The second-order valence-corrected chi connectivity index (χ2v) is 5.14. The highest BCUT2D eigenvalue weighted by molar-refractivity contribution is 7.09. The molecule has 0 aromatic carbocycles. The molecule has 1 unspecified atom stereocenters. The van der Waals surface area contributed by atoms with Gasteiger partial charge in [0.15, 0.2) is 0 Å². The Morgan fingerprint density at radius 3 is 2.94 bits per heavy atom. The summed E-state index contributed by atoms with van der Waals surface area (Å²) in [7, 11) is 1.96. The zero-order valence-corrected chi connectivity index (χ0v) is 11.2. The Morgan fingerprint density at radius 2 is 2.35 bits per heavy atom. The molecule has 1 N–H and O–H groups in total. The molecular formula is C11H17N5S. The first-order chi connectivity index (χ1) is 8.16. The Bertz CT molecular complexity index is 476. The van der Waals surface area contributed by atoms with Gasteiger partial charge in [-0.15, -0.1) is 21.5 Å². The van der Waals surface area contributed by atoms with Crippen molar-refractivity contribution in [2.24, 2.45) is 7.05 Å². The van der Waals surface area contributed by atoms with Crippen LogP contribution in [0.15, 0.2) is 11.7 Å². The third-order valence-electron chi connectivity index (χ3n) is 2.68. The molecule has 0 spiro atoms. The molecule has 0 aliphatic heterocycles. The Balaban J connectivity index is 1.81. The normalized spacial score (nSPS) is 12.9. The van der Waals surface area contributed by atoms with Gasteiger partial charge in [0, 0.05) is 31.4 Å². The lowest BCUT2D eigenvalue weighted by atomic mass is 10.2. The minimum Gasteiger partial charge on any atom is -0.321 e. The monoisotopic (exact) mass is 251 g/mol. The molecule has 0 amide bonds. The summed E-state index contributed by atoms with van der Waals surface area (Å²) in [5.74, 6) is 0.999. The van der Waals surface area contributed by atoms with Crippen LogP contribution in [0, 0.1) is 6.92 Å². The van der Waals surface area contributed by atoms with Crippen LogP contribution in [0.1, 0.15) is 29.5 Å². The number of aromatic nitrogens is 4. The molecule has 2 heterocycles. The number of rotatable bonds is 5. The maximum Gasteiger partial charge on any atom is 0.133 e. The minimum atomic E-state index is 0.285. The molecule has 0 fully saturated rings. The smallest absolute Gasteiger partial charge is 0.133 e. The summed E-state index contributed by atoms with van der Waals surface area (Å²) in [5.41, 5.74) is 1.12. The van der Waals surface area contributed by atoms with Crippen LogP contribution < -0.4 is 5.32 Å². The van der Waals surface area contributed by atoms with E-state index in [1.54, 1.807) is 17.7 Å². The predicted molar refractivity (Wildman–Crippen MR) is 68.0 cm³/mol. The van der Waals surface area contributed by atoms with Crippen LogP contribution in [0.3, 0.4) is 0 Å².